The smallest absolute Gasteiger partial charge is 0.162 e. The Morgan fingerprint density at radius 2 is 1.86 bits per heavy atom. The maximum atomic E-state index is 13.5. The summed E-state index contributed by atoms with van der Waals surface area (Å²) in [4.78, 5) is 3.18. The second kappa shape index (κ2) is 7.69. The predicted molar refractivity (Wildman–Crippen MR) is 108 cm³/mol. The molecule has 4 rings (SSSR count). The minimum Gasteiger partial charge on any atom is -0.369 e. The highest BCUT2D eigenvalue weighted by Crippen LogP contribution is 2.24. The van der Waals surface area contributed by atoms with E-state index in [1.54, 1.807) is 6.08 Å². The van der Waals surface area contributed by atoms with E-state index < -0.39 is 17.9 Å². The van der Waals surface area contributed by atoms with Crippen molar-refractivity contribution in [1.29, 1.82) is 0 Å². The average Bonchev–Trinajstić information content (AvgIpc) is 3.09. The molecule has 0 fully saturated rings. The number of H-pyrrole nitrogens is 1. The number of nitrogens with zero attached hydrogens (tertiary/aromatic N) is 2. The fraction of sp³-hybridized carbons (Fsp3) is 0.0952. The third-order valence-corrected chi connectivity index (χ3v) is 4.81. The normalized spacial score (nSPS) is 16.4. The van der Waals surface area contributed by atoms with E-state index in [1.165, 1.54) is 23.2 Å². The lowest BCUT2D eigenvalue weighted by Crippen LogP contribution is -2.32. The van der Waals surface area contributed by atoms with Gasteiger partial charge in [-0.25, -0.2) is 8.78 Å². The van der Waals surface area contributed by atoms with Gasteiger partial charge in [0.2, 0.25) is 0 Å². The lowest BCUT2D eigenvalue weighted by molar-refractivity contribution is 0.0358. The lowest BCUT2D eigenvalue weighted by atomic mass is 10.1. The van der Waals surface area contributed by atoms with Crippen molar-refractivity contribution in [1.82, 2.24) is 9.99 Å². The van der Waals surface area contributed by atoms with Crippen LogP contribution in [0.25, 0.3) is 11.3 Å². The molecule has 0 radical (unpaired) electrons. The summed E-state index contributed by atoms with van der Waals surface area (Å²) in [6.07, 6.45) is 4.03. The Balaban J connectivity index is 1.60. The molecule has 1 atom stereocenters. The van der Waals surface area contributed by atoms with E-state index in [2.05, 4.69) is 26.0 Å². The van der Waals surface area contributed by atoms with Gasteiger partial charge < -0.3 is 10.1 Å². The Kier molecular flexibility index (Phi) is 5.11. The topological polar surface area (TPSA) is 51.6 Å². The van der Waals surface area contributed by atoms with E-state index in [4.69, 9.17) is 0 Å². The Morgan fingerprint density at radius 1 is 1.07 bits per heavy atom. The van der Waals surface area contributed by atoms with Crippen LogP contribution in [0.1, 0.15) is 11.1 Å². The van der Waals surface area contributed by atoms with E-state index in [1.807, 2.05) is 36.5 Å². The highest BCUT2D eigenvalue weighted by molar-refractivity contribution is 9.10. The summed E-state index contributed by atoms with van der Waals surface area (Å²) in [6.45, 7) is 0.336. The first-order valence-corrected chi connectivity index (χ1v) is 9.38. The summed E-state index contributed by atoms with van der Waals surface area (Å²) < 4.78 is 28.0. The van der Waals surface area contributed by atoms with Crippen LogP contribution in [0.4, 0.5) is 8.78 Å². The van der Waals surface area contributed by atoms with Crippen LogP contribution in [0.2, 0.25) is 0 Å². The van der Waals surface area contributed by atoms with Gasteiger partial charge in [-0.1, -0.05) is 18.2 Å². The van der Waals surface area contributed by atoms with Crippen LogP contribution in [0.15, 0.2) is 76.5 Å². The Morgan fingerprint density at radius 3 is 2.57 bits per heavy atom. The van der Waals surface area contributed by atoms with Gasteiger partial charge in [0.25, 0.3) is 0 Å². The first-order chi connectivity index (χ1) is 13.5. The highest BCUT2D eigenvalue weighted by atomic mass is 79.9. The third kappa shape index (κ3) is 4.05. The molecule has 142 valence electrons. The van der Waals surface area contributed by atoms with Gasteiger partial charge in [-0.15, -0.1) is 0 Å². The Labute approximate surface area is 169 Å². The number of hydrazone groups is 1. The fourth-order valence-corrected chi connectivity index (χ4v) is 3.39. The van der Waals surface area contributed by atoms with Crippen molar-refractivity contribution in [3.63, 3.8) is 0 Å². The summed E-state index contributed by atoms with van der Waals surface area (Å²) in [6, 6.07) is 13.1. The van der Waals surface area contributed by atoms with Crippen molar-refractivity contribution in [3.8, 4) is 11.3 Å². The molecular weight excluding hydrogens is 428 g/mol. The predicted octanol–water partition coefficient (Wildman–Crippen LogP) is 4.82. The van der Waals surface area contributed by atoms with Gasteiger partial charge in [0, 0.05) is 28.0 Å². The standard InChI is InChI=1S/C21H16BrF2N3O/c22-16-9-20(25-11-16)14-3-1-2-13(6-14)12-27-21(28)5-4-19(26-27)15-7-17(23)10-18(24)8-15/h1-11,21,25,28H,12H2. The number of aromatic amines is 1. The molecule has 0 spiro atoms. The fourth-order valence-electron chi connectivity index (χ4n) is 3.05. The van der Waals surface area contributed by atoms with E-state index >= 15 is 0 Å². The molecule has 1 aromatic heterocycles. The quantitative estimate of drug-likeness (QED) is 0.607. The van der Waals surface area contributed by atoms with Crippen LogP contribution in [0.5, 0.6) is 0 Å². The largest absolute Gasteiger partial charge is 0.369 e. The molecule has 3 aromatic rings. The van der Waals surface area contributed by atoms with Gasteiger partial charge in [0.15, 0.2) is 6.23 Å². The zero-order valence-electron chi connectivity index (χ0n) is 14.6. The molecule has 1 unspecified atom stereocenters. The van der Waals surface area contributed by atoms with Gasteiger partial charge in [-0.05, 0) is 63.5 Å². The van der Waals surface area contributed by atoms with Gasteiger partial charge in [-0.2, -0.15) is 5.10 Å². The van der Waals surface area contributed by atoms with Crippen molar-refractivity contribution in [2.45, 2.75) is 12.8 Å². The summed E-state index contributed by atoms with van der Waals surface area (Å²) >= 11 is 3.42. The lowest BCUT2D eigenvalue weighted by Gasteiger charge is -2.27. The summed E-state index contributed by atoms with van der Waals surface area (Å²) in [5.41, 5.74) is 3.60. The molecule has 1 aliphatic heterocycles. The SMILES string of the molecule is OC1C=CC(c2cc(F)cc(F)c2)=NN1Cc1cccc(-c2cc(Br)c[nH]2)c1. The van der Waals surface area contributed by atoms with Gasteiger partial charge in [0.05, 0.1) is 12.3 Å². The molecule has 1 aliphatic rings. The molecule has 28 heavy (non-hydrogen) atoms. The number of aliphatic hydroxyl groups excluding tert-OH is 1. The number of aromatic nitrogens is 1. The van der Waals surface area contributed by atoms with Gasteiger partial charge in [0.1, 0.15) is 11.6 Å². The molecule has 2 N–H and O–H groups in total. The van der Waals surface area contributed by atoms with E-state index in [-0.39, 0.29) is 0 Å². The first-order valence-electron chi connectivity index (χ1n) is 8.59. The van der Waals surface area contributed by atoms with Gasteiger partial charge in [-0.3, -0.25) is 5.01 Å². The van der Waals surface area contributed by atoms with Crippen molar-refractivity contribution in [2.24, 2.45) is 5.10 Å². The number of hydrogen-bond acceptors (Lipinski definition) is 3. The van der Waals surface area contributed by atoms with E-state index in [9.17, 15) is 13.9 Å². The van der Waals surface area contributed by atoms with Crippen LogP contribution < -0.4 is 0 Å². The van der Waals surface area contributed by atoms with Crippen LogP contribution in [-0.4, -0.2) is 27.0 Å². The molecule has 0 saturated carbocycles. The summed E-state index contributed by atoms with van der Waals surface area (Å²) in [7, 11) is 0. The minimum absolute atomic E-state index is 0.315. The number of aliphatic hydroxyl groups is 1. The molecule has 2 aromatic carbocycles. The Hall–Kier alpha value is -2.77. The highest BCUT2D eigenvalue weighted by Gasteiger charge is 2.18. The molecule has 0 bridgehead atoms. The van der Waals surface area contributed by atoms with Crippen molar-refractivity contribution in [3.05, 3.63) is 94.1 Å². The molecule has 7 heteroatoms. The first kappa shape index (κ1) is 18.6. The number of allylic oxidation sites excluding steroid dienone is 1. The minimum atomic E-state index is -0.926. The summed E-state index contributed by atoms with van der Waals surface area (Å²) in [5, 5.41) is 16.1. The molecule has 0 amide bonds. The number of hydrogen-bond donors (Lipinski definition) is 2. The number of halogens is 3. The zero-order valence-corrected chi connectivity index (χ0v) is 16.2. The maximum Gasteiger partial charge on any atom is 0.162 e. The van der Waals surface area contributed by atoms with E-state index in [0.29, 0.717) is 17.8 Å². The molecule has 2 heterocycles. The third-order valence-electron chi connectivity index (χ3n) is 4.36. The van der Waals surface area contributed by atoms with Gasteiger partial charge >= 0.3 is 0 Å². The van der Waals surface area contributed by atoms with Crippen molar-refractivity contribution in [2.75, 3.05) is 0 Å². The second-order valence-corrected chi connectivity index (χ2v) is 7.36. The zero-order chi connectivity index (χ0) is 19.7. The van der Waals surface area contributed by atoms with Crippen molar-refractivity contribution < 1.29 is 13.9 Å². The van der Waals surface area contributed by atoms with Crippen molar-refractivity contribution >= 4 is 21.6 Å². The molecular formula is C21H16BrF2N3O. The number of nitrogens with one attached hydrogen (secondary N) is 1. The molecule has 0 aliphatic carbocycles. The molecule has 0 saturated heterocycles. The monoisotopic (exact) mass is 443 g/mol. The second-order valence-electron chi connectivity index (χ2n) is 6.45. The van der Waals surface area contributed by atoms with E-state index in [0.717, 1.165) is 27.4 Å². The summed E-state index contributed by atoms with van der Waals surface area (Å²) in [5.74, 6) is -1.35. The van der Waals surface area contributed by atoms with Crippen LogP contribution in [0, 0.1) is 11.6 Å². The number of rotatable bonds is 4. The molecule has 4 nitrogen and oxygen atoms in total. The van der Waals surface area contributed by atoms with Crippen LogP contribution in [-0.2, 0) is 6.54 Å². The van der Waals surface area contributed by atoms with Crippen LogP contribution >= 0.6 is 15.9 Å². The average molecular weight is 444 g/mol. The Bertz CT molecular complexity index is 1060. The number of benzene rings is 2. The maximum absolute atomic E-state index is 13.5. The van der Waals surface area contributed by atoms with Crippen LogP contribution in [0.3, 0.4) is 0 Å².